The van der Waals surface area contributed by atoms with Crippen LogP contribution in [0.2, 0.25) is 0 Å². The van der Waals surface area contributed by atoms with Gasteiger partial charge in [0.2, 0.25) is 0 Å². The van der Waals surface area contributed by atoms with Gasteiger partial charge in [-0.05, 0) is 150 Å². The fourth-order valence-corrected chi connectivity index (χ4v) is 17.3. The standard InChI is InChI=1S/C41H70/c1-10-15-33-35-22-30-18-14-19-31-25(6)38-32-20-13-17-29-21-28(12-3)36(24(5)23(32)4)34(16-11-2)41(27(31)8,40(30,35)9)39(33)26(7)37(29)38/h23-39H,10-22H2,1-9H3. The Morgan fingerprint density at radius 3 is 2.07 bits per heavy atom. The van der Waals surface area contributed by atoms with Gasteiger partial charge < -0.3 is 0 Å². The lowest BCUT2D eigenvalue weighted by Gasteiger charge is -2.71. The number of hydrogen-bond donors (Lipinski definition) is 0. The van der Waals surface area contributed by atoms with Crippen molar-refractivity contribution in [1.82, 2.24) is 0 Å². The topological polar surface area (TPSA) is 0 Å². The van der Waals surface area contributed by atoms with Crippen LogP contribution in [0.25, 0.3) is 0 Å². The van der Waals surface area contributed by atoms with Crippen LogP contribution in [-0.4, -0.2) is 0 Å². The molecule has 0 aromatic heterocycles. The highest BCUT2D eigenvalue weighted by Gasteiger charge is 2.79. The number of hydrogen-bond acceptors (Lipinski definition) is 0. The van der Waals surface area contributed by atoms with E-state index in [-0.39, 0.29) is 0 Å². The molecule has 234 valence electrons. The Morgan fingerprint density at radius 2 is 1.37 bits per heavy atom. The molecule has 7 aliphatic carbocycles. The average molecular weight is 563 g/mol. The first kappa shape index (κ1) is 29.7. The molecular formula is C41H70. The van der Waals surface area contributed by atoms with E-state index in [1.165, 1.54) is 44.9 Å². The fourth-order valence-electron chi connectivity index (χ4n) is 17.3. The Bertz CT molecular complexity index is 948. The molecule has 7 aliphatic rings. The lowest BCUT2D eigenvalue weighted by molar-refractivity contribution is -0.234. The fraction of sp³-hybridized carbons (Fsp3) is 1.00. The molecule has 0 saturated heterocycles. The Kier molecular flexibility index (Phi) is 7.63. The molecule has 7 rings (SSSR count). The van der Waals surface area contributed by atoms with Gasteiger partial charge in [-0.2, -0.15) is 0 Å². The summed E-state index contributed by atoms with van der Waals surface area (Å²) in [5.41, 5.74) is 1.17. The molecule has 0 radical (unpaired) electrons. The van der Waals surface area contributed by atoms with Crippen LogP contribution in [0, 0.1) is 111 Å². The highest BCUT2D eigenvalue weighted by molar-refractivity contribution is 5.27. The second-order valence-electron chi connectivity index (χ2n) is 18.4. The number of fused-ring (bicyclic) bond motifs is 3. The molecule has 1 spiro atoms. The Labute approximate surface area is 256 Å². The van der Waals surface area contributed by atoms with Gasteiger partial charge >= 0.3 is 0 Å². The zero-order chi connectivity index (χ0) is 29.0. The SMILES string of the molecule is CCCC1C2CC3CCCC4C(C)C5C6CCCC7CC(CC)C(C(C)C6C)C(CCC)C(C4C)(C1C(C)C75)C32C. The van der Waals surface area contributed by atoms with Crippen LogP contribution in [0.4, 0.5) is 0 Å². The second-order valence-corrected chi connectivity index (χ2v) is 18.4. The summed E-state index contributed by atoms with van der Waals surface area (Å²) in [4.78, 5) is 0. The van der Waals surface area contributed by atoms with Gasteiger partial charge in [-0.15, -0.1) is 0 Å². The van der Waals surface area contributed by atoms with Gasteiger partial charge in [0.1, 0.15) is 0 Å². The minimum Gasteiger partial charge on any atom is -0.0654 e. The monoisotopic (exact) mass is 563 g/mol. The molecule has 0 nitrogen and oxygen atoms in total. The van der Waals surface area contributed by atoms with Crippen molar-refractivity contribution < 1.29 is 0 Å². The van der Waals surface area contributed by atoms with Crippen molar-refractivity contribution >= 4 is 0 Å². The predicted octanol–water partition coefficient (Wildman–Crippen LogP) is 11.8. The van der Waals surface area contributed by atoms with Gasteiger partial charge in [0.05, 0.1) is 0 Å². The van der Waals surface area contributed by atoms with E-state index in [1.54, 1.807) is 38.5 Å². The van der Waals surface area contributed by atoms with Crippen LogP contribution in [0.3, 0.4) is 0 Å². The molecular weight excluding hydrogens is 492 g/mol. The zero-order valence-corrected chi connectivity index (χ0v) is 29.0. The van der Waals surface area contributed by atoms with Gasteiger partial charge in [0.25, 0.3) is 0 Å². The van der Waals surface area contributed by atoms with E-state index in [0.29, 0.717) is 10.8 Å². The van der Waals surface area contributed by atoms with Gasteiger partial charge in [-0.1, -0.05) is 107 Å². The van der Waals surface area contributed by atoms with Gasteiger partial charge in [0, 0.05) is 0 Å². The summed E-state index contributed by atoms with van der Waals surface area (Å²) >= 11 is 0. The Balaban J connectivity index is 1.61. The summed E-state index contributed by atoms with van der Waals surface area (Å²) in [5, 5.41) is 0. The van der Waals surface area contributed by atoms with E-state index in [2.05, 4.69) is 62.3 Å². The molecule has 0 aliphatic heterocycles. The molecule has 0 N–H and O–H groups in total. The van der Waals surface area contributed by atoms with E-state index in [0.717, 1.165) is 101 Å². The molecule has 0 aromatic rings. The third-order valence-corrected chi connectivity index (χ3v) is 18.2. The summed E-state index contributed by atoms with van der Waals surface area (Å²) in [5.74, 6) is 16.5. The first-order chi connectivity index (χ1) is 19.7. The summed E-state index contributed by atoms with van der Waals surface area (Å²) < 4.78 is 0. The summed E-state index contributed by atoms with van der Waals surface area (Å²) in [6.45, 7) is 25.2. The summed E-state index contributed by atoms with van der Waals surface area (Å²) in [6.07, 6.45) is 19.9. The van der Waals surface area contributed by atoms with Crippen molar-refractivity contribution in [3.05, 3.63) is 0 Å². The van der Waals surface area contributed by atoms with Crippen molar-refractivity contribution in [3.8, 4) is 0 Å². The van der Waals surface area contributed by atoms with E-state index in [1.807, 2.05) is 0 Å². The van der Waals surface area contributed by atoms with Crippen molar-refractivity contribution in [2.75, 3.05) is 0 Å². The van der Waals surface area contributed by atoms with E-state index in [9.17, 15) is 0 Å². The maximum absolute atomic E-state index is 3.00. The molecule has 19 atom stereocenters. The van der Waals surface area contributed by atoms with Crippen LogP contribution in [0.15, 0.2) is 0 Å². The van der Waals surface area contributed by atoms with Gasteiger partial charge in [0.15, 0.2) is 0 Å². The Hall–Kier alpha value is 0. The highest BCUT2D eigenvalue weighted by atomic mass is 14.8. The maximum Gasteiger partial charge on any atom is -0.0145 e. The highest BCUT2D eigenvalue weighted by Crippen LogP contribution is 2.84. The summed E-state index contributed by atoms with van der Waals surface area (Å²) in [6, 6.07) is 0. The molecule has 7 fully saturated rings. The third kappa shape index (κ3) is 3.58. The van der Waals surface area contributed by atoms with Crippen LogP contribution >= 0.6 is 0 Å². The van der Waals surface area contributed by atoms with Gasteiger partial charge in [-0.3, -0.25) is 0 Å². The smallest absolute Gasteiger partial charge is 0.0145 e. The van der Waals surface area contributed by atoms with E-state index in [4.69, 9.17) is 0 Å². The van der Waals surface area contributed by atoms with Crippen molar-refractivity contribution in [3.63, 3.8) is 0 Å². The lowest BCUT2D eigenvalue weighted by Crippen LogP contribution is -2.66. The van der Waals surface area contributed by atoms with Crippen LogP contribution in [0.5, 0.6) is 0 Å². The Morgan fingerprint density at radius 1 is 0.659 bits per heavy atom. The normalized spacial score (nSPS) is 61.0. The van der Waals surface area contributed by atoms with Crippen molar-refractivity contribution in [2.24, 2.45) is 111 Å². The summed E-state index contributed by atoms with van der Waals surface area (Å²) in [7, 11) is 0. The minimum absolute atomic E-state index is 0.570. The molecule has 7 saturated carbocycles. The number of rotatable bonds is 5. The van der Waals surface area contributed by atoms with Crippen LogP contribution in [-0.2, 0) is 0 Å². The quantitative estimate of drug-likeness (QED) is 0.312. The van der Waals surface area contributed by atoms with Crippen molar-refractivity contribution in [2.45, 2.75) is 146 Å². The van der Waals surface area contributed by atoms with Crippen molar-refractivity contribution in [1.29, 1.82) is 0 Å². The molecule has 0 heteroatoms. The minimum atomic E-state index is 0.570. The maximum atomic E-state index is 3.00. The molecule has 41 heavy (non-hydrogen) atoms. The molecule has 0 aromatic carbocycles. The molecule has 19 unspecified atom stereocenters. The lowest BCUT2D eigenvalue weighted by atomic mass is 9.33. The largest absolute Gasteiger partial charge is 0.0654 e. The molecule has 6 bridgehead atoms. The molecule has 0 amide bonds. The van der Waals surface area contributed by atoms with E-state index >= 15 is 0 Å². The molecule has 0 heterocycles. The van der Waals surface area contributed by atoms with Crippen LogP contribution < -0.4 is 0 Å². The van der Waals surface area contributed by atoms with E-state index < -0.39 is 0 Å². The second kappa shape index (κ2) is 10.5. The average Bonchev–Trinajstić information content (AvgIpc) is 3.04. The predicted molar refractivity (Wildman–Crippen MR) is 175 cm³/mol. The first-order valence-electron chi connectivity index (χ1n) is 19.7. The van der Waals surface area contributed by atoms with Gasteiger partial charge in [-0.25, -0.2) is 0 Å². The first-order valence-corrected chi connectivity index (χ1v) is 19.7. The van der Waals surface area contributed by atoms with Crippen LogP contribution in [0.1, 0.15) is 146 Å². The third-order valence-electron chi connectivity index (χ3n) is 18.2. The zero-order valence-electron chi connectivity index (χ0n) is 29.0.